The topological polar surface area (TPSA) is 85.3 Å². The first-order valence-corrected chi connectivity index (χ1v) is 10.5. The van der Waals surface area contributed by atoms with Crippen molar-refractivity contribution < 1.29 is 23.1 Å². The van der Waals surface area contributed by atoms with Gasteiger partial charge in [0, 0.05) is 17.6 Å². The third kappa shape index (κ3) is 5.15. The number of hydrogen-bond acceptors (Lipinski definition) is 4. The van der Waals surface area contributed by atoms with Crippen LogP contribution in [0.3, 0.4) is 0 Å². The predicted molar refractivity (Wildman–Crippen MR) is 116 cm³/mol. The Hall–Kier alpha value is -2.81. The Morgan fingerprint density at radius 3 is 2.41 bits per heavy atom. The van der Waals surface area contributed by atoms with Gasteiger partial charge in [-0.3, -0.25) is 9.59 Å². The number of nitrogens with one attached hydrogen (secondary N) is 2. The monoisotopic (exact) mass is 448 g/mol. The van der Waals surface area contributed by atoms with E-state index >= 15 is 0 Å². The summed E-state index contributed by atoms with van der Waals surface area (Å²) in [6.07, 6.45) is 0. The zero-order chi connectivity index (χ0) is 23.8. The van der Waals surface area contributed by atoms with Crippen LogP contribution in [-0.2, 0) is 22.7 Å². The average Bonchev–Trinajstić information content (AvgIpc) is 3.05. The van der Waals surface area contributed by atoms with Gasteiger partial charge in [-0.1, -0.05) is 20.8 Å². The standard InChI is InChI=1S/C23H30F2N4O3/c1-22(2,3)18(21(31)28-23(4,5)6)27-20(30)17-16-12-32-10-9-29(16)19(26-17)13-7-8-14(24)15(25)11-13/h7-8,11,18H,9-10,12H2,1-6H3,(H,27,30)(H,28,31)/t18-/m1/s1. The van der Waals surface area contributed by atoms with Crippen molar-refractivity contribution in [1.29, 1.82) is 0 Å². The fraction of sp³-hybridized carbons (Fsp3) is 0.522. The number of carbonyl (C=O) groups excluding carboxylic acids is 2. The van der Waals surface area contributed by atoms with Crippen molar-refractivity contribution in [3.8, 4) is 11.4 Å². The maximum Gasteiger partial charge on any atom is 0.272 e. The predicted octanol–water partition coefficient (Wildman–Crippen LogP) is 3.42. The van der Waals surface area contributed by atoms with E-state index in [9.17, 15) is 18.4 Å². The maximum atomic E-state index is 13.8. The van der Waals surface area contributed by atoms with Gasteiger partial charge in [0.15, 0.2) is 17.3 Å². The summed E-state index contributed by atoms with van der Waals surface area (Å²) in [6, 6.07) is 2.68. The van der Waals surface area contributed by atoms with E-state index < -0.39 is 34.5 Å². The Morgan fingerprint density at radius 1 is 1.12 bits per heavy atom. The van der Waals surface area contributed by atoms with Gasteiger partial charge >= 0.3 is 0 Å². The highest BCUT2D eigenvalue weighted by molar-refractivity contribution is 5.98. The number of hydrogen-bond donors (Lipinski definition) is 2. The van der Waals surface area contributed by atoms with E-state index in [1.54, 1.807) is 4.57 Å². The van der Waals surface area contributed by atoms with Crippen molar-refractivity contribution in [2.24, 2.45) is 5.41 Å². The minimum atomic E-state index is -0.996. The van der Waals surface area contributed by atoms with Gasteiger partial charge in [-0.2, -0.15) is 0 Å². The van der Waals surface area contributed by atoms with E-state index in [0.717, 1.165) is 12.1 Å². The lowest BCUT2D eigenvalue weighted by molar-refractivity contribution is -0.126. The third-order valence-electron chi connectivity index (χ3n) is 5.07. The molecular weight excluding hydrogens is 418 g/mol. The number of fused-ring (bicyclic) bond motifs is 1. The summed E-state index contributed by atoms with van der Waals surface area (Å²) in [7, 11) is 0. The highest BCUT2D eigenvalue weighted by atomic mass is 19.2. The van der Waals surface area contributed by atoms with Crippen molar-refractivity contribution >= 4 is 11.8 Å². The summed E-state index contributed by atoms with van der Waals surface area (Å²) in [6.45, 7) is 12.1. The first kappa shape index (κ1) is 23.8. The van der Waals surface area contributed by atoms with Crippen LogP contribution in [-0.4, -0.2) is 39.6 Å². The molecule has 2 N–H and O–H groups in total. The van der Waals surface area contributed by atoms with Crippen LogP contribution in [0.1, 0.15) is 57.7 Å². The molecule has 32 heavy (non-hydrogen) atoms. The molecule has 0 radical (unpaired) electrons. The van der Waals surface area contributed by atoms with E-state index in [2.05, 4.69) is 15.6 Å². The Kier molecular flexibility index (Phi) is 6.42. The normalized spacial score (nSPS) is 15.1. The maximum absolute atomic E-state index is 13.8. The summed E-state index contributed by atoms with van der Waals surface area (Å²) in [5.41, 5.74) is -0.0555. The van der Waals surface area contributed by atoms with Gasteiger partial charge in [0.05, 0.1) is 18.9 Å². The summed E-state index contributed by atoms with van der Waals surface area (Å²) in [5.74, 6) is -2.44. The van der Waals surface area contributed by atoms with E-state index in [1.807, 2.05) is 41.5 Å². The summed E-state index contributed by atoms with van der Waals surface area (Å²) >= 11 is 0. The second kappa shape index (κ2) is 8.61. The molecule has 1 atom stereocenters. The molecule has 1 aromatic carbocycles. The van der Waals surface area contributed by atoms with E-state index in [-0.39, 0.29) is 18.2 Å². The number of ether oxygens (including phenoxy) is 1. The molecule has 2 aromatic rings. The van der Waals surface area contributed by atoms with E-state index in [1.165, 1.54) is 6.07 Å². The molecule has 2 amide bonds. The fourth-order valence-electron chi connectivity index (χ4n) is 3.55. The SMILES string of the molecule is CC(C)(C)NC(=O)[C@@H](NC(=O)c1nc(-c2ccc(F)c(F)c2)n2c1COCC2)C(C)(C)C. The van der Waals surface area contributed by atoms with Crippen LogP contribution in [0.2, 0.25) is 0 Å². The summed E-state index contributed by atoms with van der Waals surface area (Å²) in [4.78, 5) is 30.6. The molecule has 7 nitrogen and oxygen atoms in total. The van der Waals surface area contributed by atoms with Gasteiger partial charge in [-0.05, 0) is 44.4 Å². The second-order valence-electron chi connectivity index (χ2n) is 10.1. The van der Waals surface area contributed by atoms with Crippen molar-refractivity contribution in [2.75, 3.05) is 6.61 Å². The minimum Gasteiger partial charge on any atom is -0.373 e. The highest BCUT2D eigenvalue weighted by Crippen LogP contribution is 2.28. The fourth-order valence-corrected chi connectivity index (χ4v) is 3.55. The van der Waals surface area contributed by atoms with Gasteiger partial charge in [0.2, 0.25) is 5.91 Å². The molecule has 9 heteroatoms. The highest BCUT2D eigenvalue weighted by Gasteiger charge is 2.36. The molecule has 1 aliphatic rings. The van der Waals surface area contributed by atoms with Crippen LogP contribution < -0.4 is 10.6 Å². The smallest absolute Gasteiger partial charge is 0.272 e. The van der Waals surface area contributed by atoms with Gasteiger partial charge in [-0.15, -0.1) is 0 Å². The molecular formula is C23H30F2N4O3. The van der Waals surface area contributed by atoms with Crippen LogP contribution in [0.5, 0.6) is 0 Å². The zero-order valence-electron chi connectivity index (χ0n) is 19.3. The Labute approximate surface area is 186 Å². The molecule has 0 unspecified atom stereocenters. The van der Waals surface area contributed by atoms with Crippen molar-refractivity contribution in [1.82, 2.24) is 20.2 Å². The van der Waals surface area contributed by atoms with Crippen LogP contribution in [0.15, 0.2) is 18.2 Å². The van der Waals surface area contributed by atoms with E-state index in [0.29, 0.717) is 30.2 Å². The van der Waals surface area contributed by atoms with Gasteiger partial charge in [0.1, 0.15) is 11.9 Å². The molecule has 174 valence electrons. The Balaban J connectivity index is 1.97. The molecule has 0 bridgehead atoms. The van der Waals surface area contributed by atoms with Crippen molar-refractivity contribution in [3.63, 3.8) is 0 Å². The van der Waals surface area contributed by atoms with Gasteiger partial charge in [-0.25, -0.2) is 13.8 Å². The number of imidazole rings is 1. The lowest BCUT2D eigenvalue weighted by atomic mass is 9.85. The number of benzene rings is 1. The molecule has 0 fully saturated rings. The number of halogens is 2. The molecule has 3 rings (SSSR count). The van der Waals surface area contributed by atoms with Crippen molar-refractivity contribution in [3.05, 3.63) is 41.2 Å². The first-order valence-electron chi connectivity index (χ1n) is 10.5. The Bertz CT molecular complexity index is 1040. The largest absolute Gasteiger partial charge is 0.373 e. The second-order valence-corrected chi connectivity index (χ2v) is 10.1. The van der Waals surface area contributed by atoms with Crippen molar-refractivity contribution in [2.45, 2.75) is 66.3 Å². The number of aromatic nitrogens is 2. The number of amides is 2. The Morgan fingerprint density at radius 2 is 1.81 bits per heavy atom. The van der Waals surface area contributed by atoms with Crippen LogP contribution >= 0.6 is 0 Å². The zero-order valence-corrected chi connectivity index (χ0v) is 19.3. The first-order chi connectivity index (χ1) is 14.8. The number of rotatable bonds is 4. The molecule has 0 saturated carbocycles. The average molecular weight is 449 g/mol. The third-order valence-corrected chi connectivity index (χ3v) is 5.07. The molecule has 2 heterocycles. The molecule has 0 spiro atoms. The lowest BCUT2D eigenvalue weighted by Gasteiger charge is -2.33. The van der Waals surface area contributed by atoms with Crippen LogP contribution in [0.25, 0.3) is 11.4 Å². The summed E-state index contributed by atoms with van der Waals surface area (Å²) in [5, 5.41) is 5.72. The molecule has 1 aromatic heterocycles. The summed E-state index contributed by atoms with van der Waals surface area (Å²) < 4.78 is 34.5. The van der Waals surface area contributed by atoms with Crippen LogP contribution in [0, 0.1) is 17.0 Å². The minimum absolute atomic E-state index is 0.0993. The van der Waals surface area contributed by atoms with Gasteiger partial charge in [0.25, 0.3) is 5.91 Å². The molecule has 1 aliphatic heterocycles. The number of nitrogens with zero attached hydrogens (tertiary/aromatic N) is 2. The number of carbonyl (C=O) groups is 2. The molecule has 0 saturated heterocycles. The molecule has 0 aliphatic carbocycles. The van der Waals surface area contributed by atoms with E-state index in [4.69, 9.17) is 4.74 Å². The van der Waals surface area contributed by atoms with Crippen LogP contribution in [0.4, 0.5) is 8.78 Å². The quantitative estimate of drug-likeness (QED) is 0.751. The van der Waals surface area contributed by atoms with Gasteiger partial charge < -0.3 is 19.9 Å². The lowest BCUT2D eigenvalue weighted by Crippen LogP contribution is -2.57.